The Bertz CT molecular complexity index is 1040. The van der Waals surface area contributed by atoms with Gasteiger partial charge in [0, 0.05) is 5.69 Å². The van der Waals surface area contributed by atoms with Crippen molar-refractivity contribution in [2.75, 3.05) is 18.1 Å². The second kappa shape index (κ2) is 11.2. The predicted octanol–water partition coefficient (Wildman–Crippen LogP) is 8.42. The number of fused-ring (bicyclic) bond motifs is 5. The molecule has 218 valence electrons. The smallest absolute Gasteiger partial charge is 0.339 e. The van der Waals surface area contributed by atoms with Gasteiger partial charge in [0.1, 0.15) is 5.56 Å². The van der Waals surface area contributed by atoms with Crippen LogP contribution in [0.2, 0.25) is 0 Å². The van der Waals surface area contributed by atoms with Gasteiger partial charge in [-0.25, -0.2) is 4.79 Å². The molecule has 1 aromatic rings. The molecular weight excluding hydrogens is 484 g/mol. The molecule has 4 fully saturated rings. The zero-order chi connectivity index (χ0) is 27.9. The Labute approximate surface area is 236 Å². The number of hydrogen-bond donors (Lipinski definition) is 3. The molecule has 0 aromatic heterocycles. The summed E-state index contributed by atoms with van der Waals surface area (Å²) in [6.07, 6.45) is 18.3. The molecule has 0 amide bonds. The van der Waals surface area contributed by atoms with Gasteiger partial charge in [-0.15, -0.1) is 0 Å². The Balaban J connectivity index is 1.13. The number of carboxylic acids is 1. The van der Waals surface area contributed by atoms with Crippen LogP contribution in [0.4, 0.5) is 11.4 Å². The highest BCUT2D eigenvalue weighted by Gasteiger charge is 2.60. The molecular formula is C34H54N2O3. The summed E-state index contributed by atoms with van der Waals surface area (Å²) in [5.74, 6) is 5.06. The van der Waals surface area contributed by atoms with E-state index in [1.165, 1.54) is 83.1 Å². The van der Waals surface area contributed by atoms with E-state index in [1.54, 1.807) is 6.07 Å². The molecule has 0 bridgehead atoms. The molecule has 9 atom stereocenters. The summed E-state index contributed by atoms with van der Waals surface area (Å²) in [6, 6.07) is 2.99. The molecule has 1 aromatic carbocycles. The van der Waals surface area contributed by atoms with Crippen molar-refractivity contribution < 1.29 is 14.6 Å². The molecule has 5 N–H and O–H groups in total. The summed E-state index contributed by atoms with van der Waals surface area (Å²) in [4.78, 5) is 11.6. The van der Waals surface area contributed by atoms with Crippen LogP contribution in [0.15, 0.2) is 12.1 Å². The molecule has 0 saturated heterocycles. The van der Waals surface area contributed by atoms with Crippen molar-refractivity contribution in [3.8, 4) is 5.75 Å². The van der Waals surface area contributed by atoms with Crippen molar-refractivity contribution >= 4 is 17.3 Å². The number of nitrogen functional groups attached to an aromatic ring is 2. The minimum Gasteiger partial charge on any atom is -0.490 e. The number of anilines is 2. The number of benzene rings is 1. The fourth-order valence-corrected chi connectivity index (χ4v) is 10.6. The maximum absolute atomic E-state index is 11.6. The van der Waals surface area contributed by atoms with Gasteiger partial charge in [-0.1, -0.05) is 53.4 Å². The summed E-state index contributed by atoms with van der Waals surface area (Å²) in [7, 11) is 0. The Morgan fingerprint density at radius 2 is 1.74 bits per heavy atom. The Hall–Kier alpha value is -1.91. The average Bonchev–Trinajstić information content (AvgIpc) is 3.24. The number of carboxylic acid groups (broad SMARTS) is 1. The van der Waals surface area contributed by atoms with Gasteiger partial charge >= 0.3 is 5.97 Å². The van der Waals surface area contributed by atoms with Crippen LogP contribution in [-0.2, 0) is 0 Å². The predicted molar refractivity (Wildman–Crippen MR) is 160 cm³/mol. The Kier molecular flexibility index (Phi) is 8.19. The summed E-state index contributed by atoms with van der Waals surface area (Å²) >= 11 is 0. The maximum Gasteiger partial charge on any atom is 0.339 e. The zero-order valence-corrected chi connectivity index (χ0v) is 25.0. The first-order chi connectivity index (χ1) is 18.5. The van der Waals surface area contributed by atoms with Crippen LogP contribution in [0.3, 0.4) is 0 Å². The van der Waals surface area contributed by atoms with Crippen molar-refractivity contribution in [2.24, 2.45) is 52.3 Å². The van der Waals surface area contributed by atoms with Gasteiger partial charge < -0.3 is 21.3 Å². The van der Waals surface area contributed by atoms with Gasteiger partial charge in [-0.3, -0.25) is 0 Å². The molecule has 5 nitrogen and oxygen atoms in total. The van der Waals surface area contributed by atoms with Gasteiger partial charge in [-0.2, -0.15) is 0 Å². The number of nitrogens with two attached hydrogens (primary N) is 2. The third kappa shape index (κ3) is 5.28. The third-order valence-corrected chi connectivity index (χ3v) is 12.6. The van der Waals surface area contributed by atoms with Crippen molar-refractivity contribution in [2.45, 2.75) is 111 Å². The van der Waals surface area contributed by atoms with Crippen LogP contribution in [0, 0.1) is 52.3 Å². The quantitative estimate of drug-likeness (QED) is 0.274. The van der Waals surface area contributed by atoms with Crippen LogP contribution in [-0.4, -0.2) is 17.7 Å². The van der Waals surface area contributed by atoms with Crippen LogP contribution in [0.1, 0.15) is 122 Å². The number of rotatable bonds is 9. The first-order valence-electron chi connectivity index (χ1n) is 16.1. The molecule has 4 aliphatic carbocycles. The van der Waals surface area contributed by atoms with Crippen molar-refractivity contribution in [1.29, 1.82) is 0 Å². The third-order valence-electron chi connectivity index (χ3n) is 12.6. The minimum atomic E-state index is -1.07. The first-order valence-corrected chi connectivity index (χ1v) is 16.1. The van der Waals surface area contributed by atoms with Gasteiger partial charge in [-0.05, 0) is 122 Å². The standard InChI is InChI=1S/C34H54N2O3/c1-21(20-39-31-26(32(37)38)18-24(35)19-30(31)36)8-7-9-22(2)27-13-14-28-25-12-11-23-10-5-6-16-33(23,3)29(25)15-17-34(27,28)4/h18-19,21-23,25,27-29H,5-17,20,35-36H2,1-4H3,(H,37,38)/t21?,22-,23?,25+,27-,28+,29+,33+,34-/m1/s1. The second-order valence-corrected chi connectivity index (χ2v) is 14.7. The fraction of sp³-hybridized carbons (Fsp3) is 0.794. The average molecular weight is 539 g/mol. The molecule has 2 unspecified atom stereocenters. The minimum absolute atomic E-state index is 0.0399. The van der Waals surface area contributed by atoms with E-state index in [9.17, 15) is 9.90 Å². The van der Waals surface area contributed by atoms with E-state index in [-0.39, 0.29) is 17.0 Å². The van der Waals surface area contributed by atoms with E-state index < -0.39 is 5.97 Å². The normalized spacial score (nSPS) is 37.3. The highest BCUT2D eigenvalue weighted by atomic mass is 16.5. The molecule has 0 spiro atoms. The molecule has 4 aliphatic rings. The molecule has 0 radical (unpaired) electrons. The lowest BCUT2D eigenvalue weighted by molar-refractivity contribution is -0.114. The lowest BCUT2D eigenvalue weighted by atomic mass is 9.44. The topological polar surface area (TPSA) is 98.6 Å². The highest BCUT2D eigenvalue weighted by Crippen LogP contribution is 2.68. The Morgan fingerprint density at radius 1 is 0.974 bits per heavy atom. The Morgan fingerprint density at radius 3 is 2.51 bits per heavy atom. The van der Waals surface area contributed by atoms with Gasteiger partial charge in [0.05, 0.1) is 12.3 Å². The molecule has 0 heterocycles. The van der Waals surface area contributed by atoms with Crippen molar-refractivity contribution in [1.82, 2.24) is 0 Å². The van der Waals surface area contributed by atoms with Gasteiger partial charge in [0.2, 0.25) is 0 Å². The zero-order valence-electron chi connectivity index (χ0n) is 25.0. The number of hydrogen-bond acceptors (Lipinski definition) is 4. The van der Waals surface area contributed by atoms with E-state index in [2.05, 4.69) is 27.7 Å². The first kappa shape index (κ1) is 28.6. The maximum atomic E-state index is 11.6. The van der Waals surface area contributed by atoms with Crippen LogP contribution in [0.25, 0.3) is 0 Å². The van der Waals surface area contributed by atoms with E-state index in [4.69, 9.17) is 16.2 Å². The summed E-state index contributed by atoms with van der Waals surface area (Å²) < 4.78 is 5.92. The summed E-state index contributed by atoms with van der Waals surface area (Å²) in [5, 5.41) is 9.53. The number of aromatic carboxylic acids is 1. The number of ether oxygens (including phenoxy) is 1. The SMILES string of the molecule is CC(CCC[C@@H](C)[C@H]1CC[C@H]2[C@@H]3CCC4CCCC[C@]4(C)[C@H]3CC[C@]12C)COc1c(N)cc(N)cc1C(=O)O. The molecule has 5 rings (SSSR count). The van der Waals surface area contributed by atoms with Crippen LogP contribution >= 0.6 is 0 Å². The van der Waals surface area contributed by atoms with E-state index in [1.807, 2.05) is 0 Å². The van der Waals surface area contributed by atoms with E-state index in [0.717, 1.165) is 41.9 Å². The molecule has 39 heavy (non-hydrogen) atoms. The van der Waals surface area contributed by atoms with Crippen LogP contribution < -0.4 is 16.2 Å². The highest BCUT2D eigenvalue weighted by molar-refractivity contribution is 5.94. The lowest BCUT2D eigenvalue weighted by Gasteiger charge is -2.61. The monoisotopic (exact) mass is 538 g/mol. The van der Waals surface area contributed by atoms with E-state index >= 15 is 0 Å². The molecule has 0 aliphatic heterocycles. The largest absolute Gasteiger partial charge is 0.490 e. The number of carbonyl (C=O) groups is 1. The van der Waals surface area contributed by atoms with E-state index in [0.29, 0.717) is 29.0 Å². The van der Waals surface area contributed by atoms with Gasteiger partial charge in [0.25, 0.3) is 0 Å². The van der Waals surface area contributed by atoms with Crippen LogP contribution in [0.5, 0.6) is 5.75 Å². The molecule has 5 heteroatoms. The fourth-order valence-electron chi connectivity index (χ4n) is 10.6. The van der Waals surface area contributed by atoms with Crippen molar-refractivity contribution in [3.05, 3.63) is 17.7 Å². The summed E-state index contributed by atoms with van der Waals surface area (Å²) in [6.45, 7) is 10.6. The summed E-state index contributed by atoms with van der Waals surface area (Å²) in [5.41, 5.74) is 13.7. The van der Waals surface area contributed by atoms with Crippen molar-refractivity contribution in [3.63, 3.8) is 0 Å². The second-order valence-electron chi connectivity index (χ2n) is 14.7. The van der Waals surface area contributed by atoms with Gasteiger partial charge in [0.15, 0.2) is 5.75 Å². The molecule has 4 saturated carbocycles. The lowest BCUT2D eigenvalue weighted by Crippen LogP contribution is -2.53.